The third kappa shape index (κ3) is 6.32. The summed E-state index contributed by atoms with van der Waals surface area (Å²) >= 11 is 5.80. The Balaban J connectivity index is 1.71. The minimum Gasteiger partial charge on any atom is -0.490 e. The highest BCUT2D eigenvalue weighted by molar-refractivity contribution is 7.91. The molecule has 0 heterocycles. The number of carboxylic acids is 1. The zero-order valence-corrected chi connectivity index (χ0v) is 18.7. The number of carbonyl (C=O) groups is 2. The zero-order chi connectivity index (χ0) is 24.1. The van der Waals surface area contributed by atoms with Gasteiger partial charge in [-0.25, -0.2) is 13.2 Å². The number of hydrogen-bond acceptors (Lipinski definition) is 6. The molecule has 0 fully saturated rings. The second-order valence-corrected chi connectivity index (χ2v) is 9.61. The largest absolute Gasteiger partial charge is 0.490 e. The number of rotatable bonds is 9. The quantitative estimate of drug-likeness (QED) is 0.420. The van der Waals surface area contributed by atoms with Crippen molar-refractivity contribution >= 4 is 39.0 Å². The Hall–Kier alpha value is -3.40. The molecule has 3 aromatic rings. The lowest BCUT2D eigenvalue weighted by Crippen LogP contribution is -2.50. The second-order valence-electron chi connectivity index (χ2n) is 7.18. The zero-order valence-electron chi connectivity index (χ0n) is 17.1. The molecule has 1 amide bonds. The van der Waals surface area contributed by atoms with E-state index in [-0.39, 0.29) is 10.6 Å². The summed E-state index contributed by atoms with van der Waals surface area (Å²) in [5.74, 6) is -2.96. The molecule has 8 nitrogen and oxygen atoms in total. The standard InChI is InChI=1S/C23H20ClNO7S/c24-17-8-6-16(7-9-17)21(26)25-18-10-12-20(13-11-18)33(30,31)15-23(29,22(27)28)14-32-19-4-2-1-3-5-19/h1-13,29H,14-15H2,(H,25,26)(H,27,28). The van der Waals surface area contributed by atoms with Crippen molar-refractivity contribution in [1.29, 1.82) is 0 Å². The Morgan fingerprint density at radius 2 is 1.55 bits per heavy atom. The lowest BCUT2D eigenvalue weighted by atomic mass is 10.1. The monoisotopic (exact) mass is 489 g/mol. The Kier molecular flexibility index (Phi) is 7.37. The number of amides is 1. The van der Waals surface area contributed by atoms with Crippen LogP contribution in [-0.2, 0) is 14.6 Å². The van der Waals surface area contributed by atoms with Gasteiger partial charge in [-0.15, -0.1) is 0 Å². The summed E-state index contributed by atoms with van der Waals surface area (Å²) in [6.45, 7) is -0.763. The van der Waals surface area contributed by atoms with Gasteiger partial charge in [0.1, 0.15) is 12.4 Å². The summed E-state index contributed by atoms with van der Waals surface area (Å²) in [6, 6.07) is 19.5. The molecule has 33 heavy (non-hydrogen) atoms. The van der Waals surface area contributed by atoms with Crippen molar-refractivity contribution in [3.05, 3.63) is 89.4 Å². The van der Waals surface area contributed by atoms with Crippen molar-refractivity contribution < 1.29 is 33.0 Å². The predicted molar refractivity (Wildman–Crippen MR) is 122 cm³/mol. The number of sulfone groups is 1. The van der Waals surface area contributed by atoms with Gasteiger partial charge in [0.25, 0.3) is 5.91 Å². The normalized spacial score (nSPS) is 13.0. The van der Waals surface area contributed by atoms with Crippen molar-refractivity contribution in [3.63, 3.8) is 0 Å². The lowest BCUT2D eigenvalue weighted by Gasteiger charge is -2.23. The predicted octanol–water partition coefficient (Wildman–Crippen LogP) is 3.26. The Bertz CT molecular complexity index is 1230. The van der Waals surface area contributed by atoms with Crippen molar-refractivity contribution in [1.82, 2.24) is 0 Å². The number of benzene rings is 3. The van der Waals surface area contributed by atoms with Gasteiger partial charge in [-0.2, -0.15) is 0 Å². The first kappa shape index (κ1) is 24.2. The highest BCUT2D eigenvalue weighted by Gasteiger charge is 2.42. The van der Waals surface area contributed by atoms with Gasteiger partial charge in [-0.05, 0) is 60.7 Å². The Morgan fingerprint density at radius 3 is 2.12 bits per heavy atom. The van der Waals surface area contributed by atoms with Crippen molar-refractivity contribution in [2.24, 2.45) is 0 Å². The van der Waals surface area contributed by atoms with Gasteiger partial charge < -0.3 is 20.3 Å². The van der Waals surface area contributed by atoms with E-state index in [9.17, 15) is 28.2 Å². The van der Waals surface area contributed by atoms with E-state index in [2.05, 4.69) is 5.32 Å². The number of ether oxygens (including phenoxy) is 1. The lowest BCUT2D eigenvalue weighted by molar-refractivity contribution is -0.158. The van der Waals surface area contributed by atoms with E-state index in [1.54, 1.807) is 54.6 Å². The highest BCUT2D eigenvalue weighted by atomic mass is 35.5. The Labute approximate surface area is 195 Å². The summed E-state index contributed by atoms with van der Waals surface area (Å²) in [6.07, 6.45) is 0. The summed E-state index contributed by atoms with van der Waals surface area (Å²) < 4.78 is 30.8. The number of aliphatic carboxylic acids is 1. The van der Waals surface area contributed by atoms with Crippen LogP contribution in [-0.4, -0.2) is 48.5 Å². The van der Waals surface area contributed by atoms with E-state index in [4.69, 9.17) is 16.3 Å². The van der Waals surface area contributed by atoms with Crippen molar-refractivity contribution in [3.8, 4) is 5.75 Å². The molecule has 0 bridgehead atoms. The first-order valence-corrected chi connectivity index (χ1v) is 11.7. The van der Waals surface area contributed by atoms with Crippen LogP contribution in [0.2, 0.25) is 5.02 Å². The fourth-order valence-corrected chi connectivity index (χ4v) is 4.51. The van der Waals surface area contributed by atoms with E-state index >= 15 is 0 Å². The first-order valence-electron chi connectivity index (χ1n) is 9.62. The molecule has 0 spiro atoms. The summed E-state index contributed by atoms with van der Waals surface area (Å²) in [7, 11) is -4.21. The fourth-order valence-electron chi connectivity index (χ4n) is 2.83. The molecule has 0 saturated heterocycles. The topological polar surface area (TPSA) is 130 Å². The minimum absolute atomic E-state index is 0.216. The fraction of sp³-hybridized carbons (Fsp3) is 0.130. The van der Waals surface area contributed by atoms with Crippen molar-refractivity contribution in [2.75, 3.05) is 17.7 Å². The van der Waals surface area contributed by atoms with Crippen molar-refractivity contribution in [2.45, 2.75) is 10.5 Å². The maximum Gasteiger partial charge on any atom is 0.340 e. The molecule has 0 aliphatic carbocycles. The Morgan fingerprint density at radius 1 is 0.939 bits per heavy atom. The molecular formula is C23H20ClNO7S. The van der Waals surface area contributed by atoms with E-state index in [1.165, 1.54) is 24.3 Å². The molecule has 10 heteroatoms. The number of hydrogen-bond donors (Lipinski definition) is 3. The minimum atomic E-state index is -4.21. The van der Waals surface area contributed by atoms with Crippen LogP contribution in [0.15, 0.2) is 83.8 Å². The third-order valence-electron chi connectivity index (χ3n) is 4.63. The molecule has 3 aromatic carbocycles. The van der Waals surface area contributed by atoms with Gasteiger partial charge in [-0.3, -0.25) is 4.79 Å². The van der Waals surface area contributed by atoms with Gasteiger partial charge in [0.2, 0.25) is 5.60 Å². The highest BCUT2D eigenvalue weighted by Crippen LogP contribution is 2.22. The van der Waals surface area contributed by atoms with Gasteiger partial charge in [-0.1, -0.05) is 29.8 Å². The first-order chi connectivity index (χ1) is 15.6. The maximum absolute atomic E-state index is 12.8. The molecule has 3 N–H and O–H groups in total. The summed E-state index contributed by atoms with van der Waals surface area (Å²) in [4.78, 5) is 23.7. The smallest absolute Gasteiger partial charge is 0.340 e. The molecule has 0 aliphatic heterocycles. The second kappa shape index (κ2) is 10.0. The van der Waals surface area contributed by atoms with Crippen LogP contribution in [0.1, 0.15) is 10.4 Å². The maximum atomic E-state index is 12.8. The SMILES string of the molecule is O=C(Nc1ccc(S(=O)(=O)CC(O)(COc2ccccc2)C(=O)O)cc1)c1ccc(Cl)cc1. The van der Waals surface area contributed by atoms with Crippen LogP contribution in [0.5, 0.6) is 5.75 Å². The van der Waals surface area contributed by atoms with Gasteiger partial charge in [0.15, 0.2) is 9.84 Å². The van der Waals surface area contributed by atoms with E-state index in [0.717, 1.165) is 0 Å². The van der Waals surface area contributed by atoms with Gasteiger partial charge >= 0.3 is 5.97 Å². The van der Waals surface area contributed by atoms with Gasteiger partial charge in [0.05, 0.1) is 10.6 Å². The molecule has 3 rings (SSSR count). The number of halogens is 1. The number of carbonyl (C=O) groups excluding carboxylic acids is 1. The molecule has 172 valence electrons. The van der Waals surface area contributed by atoms with Crippen LogP contribution >= 0.6 is 11.6 Å². The molecule has 0 radical (unpaired) electrons. The van der Waals surface area contributed by atoms with Gasteiger partial charge in [0, 0.05) is 16.3 Å². The molecule has 0 aromatic heterocycles. The summed E-state index contributed by atoms with van der Waals surface area (Å²) in [5, 5.41) is 23.0. The average Bonchev–Trinajstić information content (AvgIpc) is 2.79. The van der Waals surface area contributed by atoms with Crippen LogP contribution in [0.4, 0.5) is 5.69 Å². The molecule has 0 saturated carbocycles. The van der Waals surface area contributed by atoms with Crippen LogP contribution < -0.4 is 10.1 Å². The number of aliphatic hydroxyl groups is 1. The number of para-hydroxylation sites is 1. The molecule has 1 atom stereocenters. The molecular weight excluding hydrogens is 470 g/mol. The van der Waals surface area contributed by atoms with E-state index in [1.807, 2.05) is 0 Å². The molecule has 0 aliphatic rings. The van der Waals surface area contributed by atoms with Crippen LogP contribution in [0.25, 0.3) is 0 Å². The van der Waals surface area contributed by atoms with E-state index in [0.29, 0.717) is 16.3 Å². The van der Waals surface area contributed by atoms with E-state index < -0.39 is 39.7 Å². The number of anilines is 1. The van der Waals surface area contributed by atoms with Crippen LogP contribution in [0, 0.1) is 0 Å². The molecule has 1 unspecified atom stereocenters. The number of nitrogens with one attached hydrogen (secondary N) is 1. The number of carboxylic acid groups (broad SMARTS) is 1. The average molecular weight is 490 g/mol. The third-order valence-corrected chi connectivity index (χ3v) is 6.73. The van der Waals surface area contributed by atoms with Crippen LogP contribution in [0.3, 0.4) is 0 Å². The summed E-state index contributed by atoms with van der Waals surface area (Å²) in [5.41, 5.74) is -1.98.